The molecule has 0 fully saturated rings. The molecular weight excluding hydrogens is 151 g/mol. The van der Waals surface area contributed by atoms with Gasteiger partial charge in [0.2, 0.25) is 0 Å². The van der Waals surface area contributed by atoms with E-state index in [1.54, 1.807) is 0 Å². The van der Waals surface area contributed by atoms with Gasteiger partial charge in [-0.25, -0.2) is 0 Å². The van der Waals surface area contributed by atoms with Crippen molar-refractivity contribution in [3.05, 3.63) is 0 Å². The Morgan fingerprint density at radius 1 is 1.33 bits per heavy atom. The summed E-state index contributed by atoms with van der Waals surface area (Å²) in [7, 11) is -2.67. The summed E-state index contributed by atoms with van der Waals surface area (Å²) < 4.78 is 0. The number of hydrogen-bond acceptors (Lipinski definition) is 3. The van der Waals surface area contributed by atoms with E-state index in [2.05, 4.69) is 0 Å². The van der Waals surface area contributed by atoms with Gasteiger partial charge in [0.15, 0.2) is 0 Å². The summed E-state index contributed by atoms with van der Waals surface area (Å²) in [6.45, 7) is 0. The Labute approximate surface area is 97.3 Å². The average Bonchev–Trinajstić information content (AvgIpc) is 0.811. The molecule has 0 aliphatic rings. The molecule has 0 amide bonds. The van der Waals surface area contributed by atoms with Crippen LogP contribution in [0.3, 0.4) is 0 Å². The van der Waals surface area contributed by atoms with Crippen LogP contribution in [0.4, 0.5) is 0 Å². The van der Waals surface area contributed by atoms with Gasteiger partial charge in [-0.2, -0.15) is 0 Å². The Hall–Kier alpha value is 2.35. The van der Waals surface area contributed by atoms with E-state index in [0.29, 0.717) is 0 Å². The number of rotatable bonds is 0. The van der Waals surface area contributed by atoms with Gasteiger partial charge >= 0.3 is 77.0 Å². The van der Waals surface area contributed by atoms with Crippen molar-refractivity contribution in [3.63, 3.8) is 0 Å². The van der Waals surface area contributed by atoms with Crippen LogP contribution in [0.15, 0.2) is 0 Å². The fraction of sp³-hybridized carbons (Fsp3) is 0. The van der Waals surface area contributed by atoms with Crippen molar-refractivity contribution in [2.75, 3.05) is 0 Å². The standard InChI is InChI=1S/BHO3.Li.Rb/c2-1(3)4;;/h2H;;/q-2;2*+1. The van der Waals surface area contributed by atoms with Gasteiger partial charge < -0.3 is 15.1 Å². The molecule has 0 aliphatic carbocycles. The molecule has 0 spiro atoms. The third kappa shape index (κ3) is 32.9. The second-order valence-electron chi connectivity index (χ2n) is 0.307. The molecule has 0 aromatic heterocycles. The van der Waals surface area contributed by atoms with Crippen LogP contribution in [0.2, 0.25) is 0 Å². The van der Waals surface area contributed by atoms with Crippen LogP contribution in [0.25, 0.3) is 0 Å². The molecule has 1 N–H and O–H groups in total. The molecule has 0 atom stereocenters. The molecule has 6 heteroatoms. The fourth-order valence-corrected chi connectivity index (χ4v) is 0. The van der Waals surface area contributed by atoms with Crippen LogP contribution in [0.5, 0.6) is 0 Å². The maximum absolute atomic E-state index is 8.53. The molecule has 0 aliphatic heterocycles. The summed E-state index contributed by atoms with van der Waals surface area (Å²) in [5.74, 6) is 0. The van der Waals surface area contributed by atoms with Crippen LogP contribution < -0.4 is 87.1 Å². The van der Waals surface area contributed by atoms with Crippen molar-refractivity contribution in [1.82, 2.24) is 0 Å². The summed E-state index contributed by atoms with van der Waals surface area (Å²) in [6, 6.07) is 0. The van der Waals surface area contributed by atoms with Crippen molar-refractivity contribution in [1.29, 1.82) is 0 Å². The van der Waals surface area contributed by atoms with Gasteiger partial charge in [0.25, 0.3) is 0 Å². The molecule has 0 bridgehead atoms. The maximum Gasteiger partial charge on any atom is 1.00 e. The van der Waals surface area contributed by atoms with E-state index in [-0.39, 0.29) is 77.0 Å². The van der Waals surface area contributed by atoms with E-state index in [4.69, 9.17) is 15.1 Å². The SMILES string of the molecule is [Li+].[O-]B([O-])O.[Rb+]. The van der Waals surface area contributed by atoms with Crippen LogP contribution in [0.1, 0.15) is 0 Å². The summed E-state index contributed by atoms with van der Waals surface area (Å²) in [5, 5.41) is 24.0. The Balaban J connectivity index is -0.0000000450. The first-order valence-electron chi connectivity index (χ1n) is 0.730. The molecular formula is HBLiO3Rb. The van der Waals surface area contributed by atoms with Crippen molar-refractivity contribution in [2.24, 2.45) is 0 Å². The smallest absolute Gasteiger partial charge is 0.871 e. The second kappa shape index (κ2) is 10.4. The van der Waals surface area contributed by atoms with Gasteiger partial charge in [-0.05, 0) is 0 Å². The zero-order chi connectivity index (χ0) is 3.58. The van der Waals surface area contributed by atoms with Gasteiger partial charge in [0.05, 0.1) is 7.32 Å². The Kier molecular flexibility index (Phi) is 27.2. The quantitative estimate of drug-likeness (QED) is 0.351. The number of hydrogen-bond donors (Lipinski definition) is 1. The van der Waals surface area contributed by atoms with E-state index in [0.717, 1.165) is 0 Å². The van der Waals surface area contributed by atoms with Gasteiger partial charge in [-0.15, -0.1) is 0 Å². The maximum atomic E-state index is 8.53. The molecule has 24 valence electrons. The van der Waals surface area contributed by atoms with Gasteiger partial charge in [-0.3, -0.25) is 0 Å². The molecule has 0 unspecified atom stereocenters. The summed E-state index contributed by atoms with van der Waals surface area (Å²) in [5.41, 5.74) is 0. The Bertz CT molecular complexity index is 15.5. The third-order valence-corrected chi connectivity index (χ3v) is 0. The summed E-state index contributed by atoms with van der Waals surface area (Å²) >= 11 is 0. The third-order valence-electron chi connectivity index (χ3n) is 0. The van der Waals surface area contributed by atoms with Crippen LogP contribution in [-0.4, -0.2) is 12.3 Å². The molecule has 0 heterocycles. The van der Waals surface area contributed by atoms with E-state index >= 15 is 0 Å². The zero-order valence-corrected chi connectivity index (χ0v) is 8.76. The molecule has 3 nitrogen and oxygen atoms in total. The topological polar surface area (TPSA) is 66.3 Å². The predicted molar refractivity (Wildman–Crippen MR) is 7.97 cm³/mol. The molecule has 0 aromatic carbocycles. The molecule has 0 saturated carbocycles. The minimum atomic E-state index is -2.67. The van der Waals surface area contributed by atoms with E-state index in [1.807, 2.05) is 0 Å². The second-order valence-corrected chi connectivity index (χ2v) is 0.307. The van der Waals surface area contributed by atoms with Crippen molar-refractivity contribution in [2.45, 2.75) is 0 Å². The fourth-order valence-electron chi connectivity index (χ4n) is 0. The first-order chi connectivity index (χ1) is 1.73. The van der Waals surface area contributed by atoms with Gasteiger partial charge in [0, 0.05) is 0 Å². The molecule has 6 heavy (non-hydrogen) atoms. The molecule has 0 rings (SSSR count). The van der Waals surface area contributed by atoms with Crippen molar-refractivity contribution in [3.8, 4) is 0 Å². The summed E-state index contributed by atoms with van der Waals surface area (Å²) in [6.07, 6.45) is 0. The van der Waals surface area contributed by atoms with Crippen LogP contribution in [-0.2, 0) is 0 Å². The predicted octanol–water partition coefficient (Wildman–Crippen LogP) is -9.31. The Morgan fingerprint density at radius 2 is 1.33 bits per heavy atom. The Morgan fingerprint density at radius 3 is 1.33 bits per heavy atom. The van der Waals surface area contributed by atoms with Crippen molar-refractivity contribution >= 4 is 7.32 Å². The zero-order valence-electron chi connectivity index (χ0n) is 3.84. The summed E-state index contributed by atoms with van der Waals surface area (Å²) in [4.78, 5) is 0. The molecule has 0 saturated heterocycles. The van der Waals surface area contributed by atoms with Gasteiger partial charge in [-0.1, -0.05) is 0 Å². The average molecular weight is 152 g/mol. The first kappa shape index (κ1) is 15.8. The largest absolute Gasteiger partial charge is 1.00 e. The minimum Gasteiger partial charge on any atom is -0.871 e. The first-order valence-corrected chi connectivity index (χ1v) is 0.730. The van der Waals surface area contributed by atoms with E-state index in [1.165, 1.54) is 0 Å². The van der Waals surface area contributed by atoms with E-state index in [9.17, 15) is 0 Å². The van der Waals surface area contributed by atoms with Crippen LogP contribution >= 0.6 is 0 Å². The normalized spacial score (nSPS) is 4.50. The van der Waals surface area contributed by atoms with E-state index < -0.39 is 7.32 Å². The minimum absolute atomic E-state index is 0. The monoisotopic (exact) mass is 152 g/mol. The van der Waals surface area contributed by atoms with Crippen molar-refractivity contribution < 1.29 is 92.1 Å². The molecule has 0 radical (unpaired) electrons. The molecule has 0 aromatic rings. The van der Waals surface area contributed by atoms with Crippen LogP contribution in [0, 0.1) is 0 Å². The van der Waals surface area contributed by atoms with Gasteiger partial charge in [0.1, 0.15) is 0 Å².